The van der Waals surface area contributed by atoms with Crippen LogP contribution < -0.4 is 11.1 Å². The lowest BCUT2D eigenvalue weighted by Gasteiger charge is -2.31. The maximum absolute atomic E-state index is 11.4. The molecule has 1 unspecified atom stereocenters. The maximum atomic E-state index is 11.4. The molecule has 4 nitrogen and oxygen atoms in total. The third-order valence-corrected chi connectivity index (χ3v) is 2.73. The second kappa shape index (κ2) is 5.88. The van der Waals surface area contributed by atoms with Crippen LogP contribution in [0.4, 0.5) is 0 Å². The van der Waals surface area contributed by atoms with Gasteiger partial charge in [0.2, 0.25) is 5.91 Å². The molecule has 0 radical (unpaired) electrons. The summed E-state index contributed by atoms with van der Waals surface area (Å²) in [5.41, 5.74) is 5.49. The smallest absolute Gasteiger partial charge is 0.236 e. The van der Waals surface area contributed by atoms with Crippen LogP contribution in [0, 0.1) is 0 Å². The summed E-state index contributed by atoms with van der Waals surface area (Å²) >= 11 is 0. The highest BCUT2D eigenvalue weighted by atomic mass is 16.2. The molecule has 4 heteroatoms. The highest BCUT2D eigenvalue weighted by Crippen LogP contribution is 2.09. The summed E-state index contributed by atoms with van der Waals surface area (Å²) < 4.78 is 0. The molecule has 15 heavy (non-hydrogen) atoms. The topological polar surface area (TPSA) is 58.4 Å². The van der Waals surface area contributed by atoms with E-state index in [1.54, 1.807) is 6.92 Å². The Balaban J connectivity index is 2.25. The Morgan fingerprint density at radius 1 is 1.67 bits per heavy atom. The molecule has 0 bridgehead atoms. The molecule has 0 aromatic heterocycles. The number of nitrogens with zero attached hydrogens (tertiary/aromatic N) is 1. The number of carbonyl (C=O) groups excluding carboxylic acids is 1. The summed E-state index contributed by atoms with van der Waals surface area (Å²) in [5, 5.41) is 2.96. The van der Waals surface area contributed by atoms with Crippen LogP contribution in [-0.4, -0.2) is 42.5 Å². The van der Waals surface area contributed by atoms with Crippen LogP contribution in [-0.2, 0) is 4.79 Å². The second-order valence-electron chi connectivity index (χ2n) is 4.16. The van der Waals surface area contributed by atoms with Gasteiger partial charge in [-0.2, -0.15) is 0 Å². The molecule has 0 aliphatic carbocycles. The Kier molecular flexibility index (Phi) is 4.78. The normalized spacial score (nSPS) is 20.9. The molecule has 0 aromatic rings. The molecule has 86 valence electrons. The molecule has 1 rings (SSSR count). The molecule has 1 aliphatic heterocycles. The highest BCUT2D eigenvalue weighted by molar-refractivity contribution is 5.81. The highest BCUT2D eigenvalue weighted by Gasteiger charge is 2.20. The van der Waals surface area contributed by atoms with Gasteiger partial charge in [-0.05, 0) is 19.8 Å². The third kappa shape index (κ3) is 4.01. The van der Waals surface area contributed by atoms with Crippen molar-refractivity contribution in [2.24, 2.45) is 5.73 Å². The SMILES string of the molecule is C=CCN1CCC(NC(=O)C(C)N)CC1. The zero-order valence-corrected chi connectivity index (χ0v) is 9.41. The Labute approximate surface area is 91.5 Å². The monoisotopic (exact) mass is 211 g/mol. The van der Waals surface area contributed by atoms with Gasteiger partial charge in [-0.15, -0.1) is 6.58 Å². The number of hydrogen-bond acceptors (Lipinski definition) is 3. The Hall–Kier alpha value is -0.870. The lowest BCUT2D eigenvalue weighted by Crippen LogP contribution is -2.48. The average Bonchev–Trinajstić information content (AvgIpc) is 2.21. The van der Waals surface area contributed by atoms with Crippen molar-refractivity contribution in [1.29, 1.82) is 0 Å². The Morgan fingerprint density at radius 3 is 2.73 bits per heavy atom. The number of amides is 1. The lowest BCUT2D eigenvalue weighted by atomic mass is 10.0. The van der Waals surface area contributed by atoms with Crippen molar-refractivity contribution in [2.75, 3.05) is 19.6 Å². The van der Waals surface area contributed by atoms with Gasteiger partial charge in [0.1, 0.15) is 0 Å². The van der Waals surface area contributed by atoms with E-state index in [1.807, 2.05) is 6.08 Å². The lowest BCUT2D eigenvalue weighted by molar-refractivity contribution is -0.123. The van der Waals surface area contributed by atoms with Crippen LogP contribution in [0.2, 0.25) is 0 Å². The summed E-state index contributed by atoms with van der Waals surface area (Å²) in [6, 6.07) is -0.110. The first kappa shape index (κ1) is 12.2. The number of rotatable bonds is 4. The van der Waals surface area contributed by atoms with Crippen LogP contribution in [0.1, 0.15) is 19.8 Å². The molecule has 3 N–H and O–H groups in total. The number of nitrogens with one attached hydrogen (secondary N) is 1. The minimum Gasteiger partial charge on any atom is -0.352 e. The fourth-order valence-electron chi connectivity index (χ4n) is 1.78. The molecule has 0 aromatic carbocycles. The average molecular weight is 211 g/mol. The molecular formula is C11H21N3O. The van der Waals surface area contributed by atoms with Gasteiger partial charge in [0.05, 0.1) is 6.04 Å². The largest absolute Gasteiger partial charge is 0.352 e. The zero-order valence-electron chi connectivity index (χ0n) is 9.41. The first-order valence-corrected chi connectivity index (χ1v) is 5.52. The standard InChI is InChI=1S/C11H21N3O/c1-3-6-14-7-4-10(5-8-14)13-11(15)9(2)12/h3,9-10H,1,4-8,12H2,2H3,(H,13,15). The van der Waals surface area contributed by atoms with Gasteiger partial charge in [-0.25, -0.2) is 0 Å². The van der Waals surface area contributed by atoms with Crippen LogP contribution in [0.5, 0.6) is 0 Å². The van der Waals surface area contributed by atoms with E-state index in [9.17, 15) is 4.79 Å². The zero-order chi connectivity index (χ0) is 11.3. The van der Waals surface area contributed by atoms with Gasteiger partial charge in [0.15, 0.2) is 0 Å². The van der Waals surface area contributed by atoms with Crippen LogP contribution in [0.25, 0.3) is 0 Å². The van der Waals surface area contributed by atoms with E-state index in [4.69, 9.17) is 5.73 Å². The van der Waals surface area contributed by atoms with E-state index < -0.39 is 6.04 Å². The number of likely N-dealkylation sites (tertiary alicyclic amines) is 1. The minimum absolute atomic E-state index is 0.0443. The van der Waals surface area contributed by atoms with Crippen LogP contribution in [0.15, 0.2) is 12.7 Å². The van der Waals surface area contributed by atoms with E-state index in [2.05, 4.69) is 16.8 Å². The van der Waals surface area contributed by atoms with Crippen LogP contribution >= 0.6 is 0 Å². The molecule has 1 atom stereocenters. The molecule has 0 spiro atoms. The van der Waals surface area contributed by atoms with Gasteiger partial charge in [0.25, 0.3) is 0 Å². The molecule has 0 saturated carbocycles. The second-order valence-corrected chi connectivity index (χ2v) is 4.16. The predicted octanol–water partition coefficient (Wildman–Crippen LogP) is 0.100. The van der Waals surface area contributed by atoms with E-state index in [1.165, 1.54) is 0 Å². The van der Waals surface area contributed by atoms with E-state index in [0.717, 1.165) is 32.5 Å². The van der Waals surface area contributed by atoms with Crippen molar-refractivity contribution in [1.82, 2.24) is 10.2 Å². The predicted molar refractivity (Wildman–Crippen MR) is 61.5 cm³/mol. The van der Waals surface area contributed by atoms with Gasteiger partial charge < -0.3 is 11.1 Å². The van der Waals surface area contributed by atoms with Gasteiger partial charge in [-0.1, -0.05) is 6.08 Å². The number of carbonyl (C=O) groups is 1. The maximum Gasteiger partial charge on any atom is 0.236 e. The summed E-state index contributed by atoms with van der Waals surface area (Å²) in [6.07, 6.45) is 3.93. The van der Waals surface area contributed by atoms with E-state index in [-0.39, 0.29) is 5.91 Å². The van der Waals surface area contributed by atoms with Crippen molar-refractivity contribution in [3.63, 3.8) is 0 Å². The first-order chi connectivity index (χ1) is 7.13. The summed E-state index contributed by atoms with van der Waals surface area (Å²) in [4.78, 5) is 13.7. The molecule has 1 saturated heterocycles. The molecule has 1 aliphatic rings. The van der Waals surface area contributed by atoms with Crippen molar-refractivity contribution in [3.05, 3.63) is 12.7 Å². The first-order valence-electron chi connectivity index (χ1n) is 5.52. The molecular weight excluding hydrogens is 190 g/mol. The van der Waals surface area contributed by atoms with Gasteiger partial charge in [-0.3, -0.25) is 9.69 Å². The summed E-state index contributed by atoms with van der Waals surface area (Å²) in [7, 11) is 0. The quantitative estimate of drug-likeness (QED) is 0.648. The van der Waals surface area contributed by atoms with Crippen molar-refractivity contribution in [3.8, 4) is 0 Å². The minimum atomic E-state index is -0.406. The molecule has 1 amide bonds. The van der Waals surface area contributed by atoms with E-state index >= 15 is 0 Å². The Bertz CT molecular complexity index is 220. The van der Waals surface area contributed by atoms with Crippen LogP contribution in [0.3, 0.4) is 0 Å². The van der Waals surface area contributed by atoms with Crippen molar-refractivity contribution in [2.45, 2.75) is 31.8 Å². The van der Waals surface area contributed by atoms with Gasteiger partial charge >= 0.3 is 0 Å². The fraction of sp³-hybridized carbons (Fsp3) is 0.727. The number of hydrogen-bond donors (Lipinski definition) is 2. The van der Waals surface area contributed by atoms with Crippen molar-refractivity contribution < 1.29 is 4.79 Å². The molecule has 1 heterocycles. The van der Waals surface area contributed by atoms with E-state index in [0.29, 0.717) is 6.04 Å². The number of piperidine rings is 1. The summed E-state index contributed by atoms with van der Waals surface area (Å²) in [5.74, 6) is -0.0443. The van der Waals surface area contributed by atoms with Crippen molar-refractivity contribution >= 4 is 5.91 Å². The summed E-state index contributed by atoms with van der Waals surface area (Å²) in [6.45, 7) is 8.41. The van der Waals surface area contributed by atoms with Gasteiger partial charge in [0, 0.05) is 25.7 Å². The molecule has 1 fully saturated rings. The third-order valence-electron chi connectivity index (χ3n) is 2.73. The Morgan fingerprint density at radius 2 is 2.27 bits per heavy atom. The number of nitrogens with two attached hydrogens (primary N) is 1. The fourth-order valence-corrected chi connectivity index (χ4v) is 1.78.